The van der Waals surface area contributed by atoms with E-state index in [2.05, 4.69) is 24.1 Å². The topological polar surface area (TPSA) is 24.5 Å². The van der Waals surface area contributed by atoms with Crippen LogP contribution in [0.2, 0.25) is 0 Å². The van der Waals surface area contributed by atoms with Crippen LogP contribution in [0.15, 0.2) is 0 Å². The highest BCUT2D eigenvalue weighted by atomic mass is 16.5. The minimum Gasteiger partial charge on any atom is -0.383 e. The van der Waals surface area contributed by atoms with Crippen LogP contribution in [0.4, 0.5) is 0 Å². The summed E-state index contributed by atoms with van der Waals surface area (Å²) in [4.78, 5) is 2.61. The minimum atomic E-state index is 0.753. The molecule has 3 nitrogen and oxygen atoms in total. The second-order valence-electron chi connectivity index (χ2n) is 4.64. The van der Waals surface area contributed by atoms with Gasteiger partial charge in [0, 0.05) is 32.8 Å². The Morgan fingerprint density at radius 1 is 1.33 bits per heavy atom. The van der Waals surface area contributed by atoms with Crippen LogP contribution >= 0.6 is 0 Å². The Labute approximate surface area is 94.2 Å². The molecular formula is C12H26N2O. The quantitative estimate of drug-likeness (QED) is 0.675. The first-order valence-electron chi connectivity index (χ1n) is 6.19. The van der Waals surface area contributed by atoms with Crippen LogP contribution in [-0.2, 0) is 4.74 Å². The summed E-state index contributed by atoms with van der Waals surface area (Å²) < 4.78 is 5.00. The number of likely N-dealkylation sites (tertiary alicyclic amines) is 1. The maximum atomic E-state index is 5.00. The lowest BCUT2D eigenvalue weighted by atomic mass is 9.92. The fourth-order valence-electron chi connectivity index (χ4n) is 2.26. The molecule has 1 fully saturated rings. The Hall–Kier alpha value is -0.120. The van der Waals surface area contributed by atoms with Crippen LogP contribution < -0.4 is 5.32 Å². The number of nitrogens with zero attached hydrogens (tertiary/aromatic N) is 1. The van der Waals surface area contributed by atoms with Crippen molar-refractivity contribution in [2.75, 3.05) is 39.9 Å². The molecule has 0 spiro atoms. The highest BCUT2D eigenvalue weighted by molar-refractivity contribution is 4.78. The number of hydrogen-bond acceptors (Lipinski definition) is 3. The van der Waals surface area contributed by atoms with E-state index >= 15 is 0 Å². The summed E-state index contributed by atoms with van der Waals surface area (Å²) in [6.45, 7) is 10.0. The van der Waals surface area contributed by atoms with Gasteiger partial charge in [-0.3, -0.25) is 4.90 Å². The predicted octanol–water partition coefficient (Wildman–Crippen LogP) is 1.34. The zero-order valence-corrected chi connectivity index (χ0v) is 10.5. The summed E-state index contributed by atoms with van der Waals surface area (Å²) >= 11 is 0. The van der Waals surface area contributed by atoms with Crippen molar-refractivity contribution >= 4 is 0 Å². The predicted molar refractivity (Wildman–Crippen MR) is 64.2 cm³/mol. The summed E-state index contributed by atoms with van der Waals surface area (Å²) in [5.74, 6) is 0.859. The first kappa shape index (κ1) is 12.9. The Morgan fingerprint density at radius 2 is 2.13 bits per heavy atom. The van der Waals surface area contributed by atoms with E-state index in [0.717, 1.165) is 31.7 Å². The van der Waals surface area contributed by atoms with E-state index in [1.54, 1.807) is 7.11 Å². The maximum absolute atomic E-state index is 5.00. The van der Waals surface area contributed by atoms with Crippen molar-refractivity contribution in [2.24, 2.45) is 5.92 Å². The third kappa shape index (κ3) is 4.49. The highest BCUT2D eigenvalue weighted by Gasteiger charge is 2.23. The van der Waals surface area contributed by atoms with Gasteiger partial charge in [-0.15, -0.1) is 0 Å². The standard InChI is InChI=1S/C12H26N2O/c1-11-5-4-8-14(12(11)2)9-6-13-7-10-15-3/h11-13H,4-10H2,1-3H3. The molecule has 0 saturated carbocycles. The fourth-order valence-corrected chi connectivity index (χ4v) is 2.26. The molecule has 1 N–H and O–H groups in total. The van der Waals surface area contributed by atoms with Gasteiger partial charge in [0.25, 0.3) is 0 Å². The minimum absolute atomic E-state index is 0.753. The Bertz CT molecular complexity index is 164. The Balaban J connectivity index is 2.09. The maximum Gasteiger partial charge on any atom is 0.0587 e. The number of rotatable bonds is 6. The molecule has 1 aliphatic rings. The number of nitrogens with one attached hydrogen (secondary N) is 1. The first-order chi connectivity index (χ1) is 7.25. The van der Waals surface area contributed by atoms with E-state index in [1.165, 1.54) is 25.9 Å². The van der Waals surface area contributed by atoms with E-state index < -0.39 is 0 Å². The third-order valence-electron chi connectivity index (χ3n) is 3.56. The molecule has 0 radical (unpaired) electrons. The summed E-state index contributed by atoms with van der Waals surface area (Å²) in [6.07, 6.45) is 2.76. The molecule has 1 heterocycles. The second-order valence-corrected chi connectivity index (χ2v) is 4.64. The van der Waals surface area contributed by atoms with Crippen molar-refractivity contribution < 1.29 is 4.74 Å². The van der Waals surface area contributed by atoms with Gasteiger partial charge < -0.3 is 10.1 Å². The van der Waals surface area contributed by atoms with Gasteiger partial charge in [-0.05, 0) is 32.2 Å². The molecule has 0 amide bonds. The smallest absolute Gasteiger partial charge is 0.0587 e. The monoisotopic (exact) mass is 214 g/mol. The van der Waals surface area contributed by atoms with Gasteiger partial charge in [0.05, 0.1) is 6.61 Å². The molecule has 90 valence electrons. The van der Waals surface area contributed by atoms with Crippen molar-refractivity contribution in [3.8, 4) is 0 Å². The van der Waals surface area contributed by atoms with Gasteiger partial charge in [0.15, 0.2) is 0 Å². The van der Waals surface area contributed by atoms with Crippen LogP contribution in [0.1, 0.15) is 26.7 Å². The Kier molecular flexibility index (Phi) is 6.22. The molecule has 0 aromatic carbocycles. The molecule has 3 heteroatoms. The molecular weight excluding hydrogens is 188 g/mol. The molecule has 1 rings (SSSR count). The molecule has 2 unspecified atom stereocenters. The molecule has 1 saturated heterocycles. The largest absolute Gasteiger partial charge is 0.383 e. The SMILES string of the molecule is COCCNCCN1CCCC(C)C1C. The van der Waals surface area contributed by atoms with E-state index in [-0.39, 0.29) is 0 Å². The van der Waals surface area contributed by atoms with Crippen LogP contribution in [0.5, 0.6) is 0 Å². The lowest BCUT2D eigenvalue weighted by molar-refractivity contribution is 0.113. The van der Waals surface area contributed by atoms with E-state index in [9.17, 15) is 0 Å². The summed E-state index contributed by atoms with van der Waals surface area (Å²) in [5, 5.41) is 3.40. The zero-order valence-electron chi connectivity index (χ0n) is 10.5. The average molecular weight is 214 g/mol. The second kappa shape index (κ2) is 7.20. The van der Waals surface area contributed by atoms with E-state index in [0.29, 0.717) is 0 Å². The highest BCUT2D eigenvalue weighted by Crippen LogP contribution is 2.21. The van der Waals surface area contributed by atoms with Gasteiger partial charge in [-0.1, -0.05) is 6.92 Å². The first-order valence-corrected chi connectivity index (χ1v) is 6.19. The number of piperidine rings is 1. The van der Waals surface area contributed by atoms with Gasteiger partial charge in [-0.25, -0.2) is 0 Å². The number of ether oxygens (including phenoxy) is 1. The van der Waals surface area contributed by atoms with Crippen molar-refractivity contribution in [1.82, 2.24) is 10.2 Å². The normalized spacial score (nSPS) is 28.2. The molecule has 0 aliphatic carbocycles. The third-order valence-corrected chi connectivity index (χ3v) is 3.56. The molecule has 1 aliphatic heterocycles. The lowest BCUT2D eigenvalue weighted by Crippen LogP contribution is -2.45. The fraction of sp³-hybridized carbons (Fsp3) is 1.00. The zero-order chi connectivity index (χ0) is 11.1. The van der Waals surface area contributed by atoms with Crippen LogP contribution in [-0.4, -0.2) is 50.8 Å². The molecule has 2 atom stereocenters. The summed E-state index contributed by atoms with van der Waals surface area (Å²) in [5.41, 5.74) is 0. The number of methoxy groups -OCH3 is 1. The van der Waals surface area contributed by atoms with Crippen LogP contribution in [0, 0.1) is 5.92 Å². The van der Waals surface area contributed by atoms with Crippen LogP contribution in [0.25, 0.3) is 0 Å². The molecule has 0 aromatic rings. The van der Waals surface area contributed by atoms with Gasteiger partial charge in [0.1, 0.15) is 0 Å². The summed E-state index contributed by atoms with van der Waals surface area (Å²) in [6, 6.07) is 0.753. The van der Waals surface area contributed by atoms with Crippen molar-refractivity contribution in [2.45, 2.75) is 32.7 Å². The Morgan fingerprint density at radius 3 is 2.87 bits per heavy atom. The van der Waals surface area contributed by atoms with E-state index in [1.807, 2.05) is 0 Å². The van der Waals surface area contributed by atoms with Gasteiger partial charge >= 0.3 is 0 Å². The summed E-state index contributed by atoms with van der Waals surface area (Å²) in [7, 11) is 1.75. The van der Waals surface area contributed by atoms with E-state index in [4.69, 9.17) is 4.74 Å². The van der Waals surface area contributed by atoms with Crippen LogP contribution in [0.3, 0.4) is 0 Å². The average Bonchev–Trinajstić information content (AvgIpc) is 2.24. The van der Waals surface area contributed by atoms with Gasteiger partial charge in [-0.2, -0.15) is 0 Å². The van der Waals surface area contributed by atoms with Crippen molar-refractivity contribution in [3.05, 3.63) is 0 Å². The van der Waals surface area contributed by atoms with Gasteiger partial charge in [0.2, 0.25) is 0 Å². The number of hydrogen-bond donors (Lipinski definition) is 1. The molecule has 0 aromatic heterocycles. The lowest BCUT2D eigenvalue weighted by Gasteiger charge is -2.37. The van der Waals surface area contributed by atoms with Crippen molar-refractivity contribution in [3.63, 3.8) is 0 Å². The van der Waals surface area contributed by atoms with Crippen molar-refractivity contribution in [1.29, 1.82) is 0 Å². The molecule has 15 heavy (non-hydrogen) atoms. The molecule has 0 bridgehead atoms.